The van der Waals surface area contributed by atoms with Gasteiger partial charge < -0.3 is 9.64 Å². The number of hydrogen-bond acceptors (Lipinski definition) is 4. The molecule has 2 rings (SSSR count). The van der Waals surface area contributed by atoms with Gasteiger partial charge in [0.25, 0.3) is 0 Å². The first-order valence-corrected chi connectivity index (χ1v) is 9.19. The molecule has 23 heavy (non-hydrogen) atoms. The summed E-state index contributed by atoms with van der Waals surface area (Å²) in [6.45, 7) is 4.63. The average molecular weight is 333 g/mol. The van der Waals surface area contributed by atoms with Gasteiger partial charge in [-0.05, 0) is 50.2 Å². The fraction of sp³-hybridized carbons (Fsp3) is 0.333. The van der Waals surface area contributed by atoms with Crippen LogP contribution < -0.4 is 9.64 Å². The lowest BCUT2D eigenvalue weighted by Gasteiger charge is -2.19. The molecule has 0 atom stereocenters. The van der Waals surface area contributed by atoms with E-state index in [1.807, 2.05) is 37.4 Å². The summed E-state index contributed by atoms with van der Waals surface area (Å²) in [4.78, 5) is 2.44. The van der Waals surface area contributed by atoms with E-state index >= 15 is 0 Å². The highest BCUT2D eigenvalue weighted by atomic mass is 32.2. The van der Waals surface area contributed by atoms with Crippen molar-refractivity contribution in [2.75, 3.05) is 25.1 Å². The number of hydrogen-bond donors (Lipinski definition) is 0. The predicted octanol–water partition coefficient (Wildman–Crippen LogP) is 3.38. The van der Waals surface area contributed by atoms with Gasteiger partial charge in [-0.2, -0.15) is 0 Å². The first-order valence-electron chi connectivity index (χ1n) is 7.64. The summed E-state index contributed by atoms with van der Waals surface area (Å²) in [6, 6.07) is 16.7. The van der Waals surface area contributed by atoms with Crippen LogP contribution in [0.2, 0.25) is 0 Å². The van der Waals surface area contributed by atoms with Crippen molar-refractivity contribution in [3.05, 3.63) is 54.6 Å². The zero-order valence-electron chi connectivity index (χ0n) is 13.8. The van der Waals surface area contributed by atoms with Crippen molar-refractivity contribution in [1.29, 1.82) is 0 Å². The predicted molar refractivity (Wildman–Crippen MR) is 94.0 cm³/mol. The number of benzene rings is 2. The molecule has 0 saturated carbocycles. The number of anilines is 1. The first kappa shape index (κ1) is 17.3. The molecule has 4 nitrogen and oxygen atoms in total. The minimum absolute atomic E-state index is 0.334. The van der Waals surface area contributed by atoms with Crippen molar-refractivity contribution in [2.24, 2.45) is 0 Å². The Hall–Kier alpha value is -2.01. The Kier molecular flexibility index (Phi) is 5.66. The standard InChI is InChI=1S/C18H23NO3S/c1-15(2)23(20,21)18-11-9-17(10-12-18)22-14-13-19(3)16-7-5-4-6-8-16/h4-12,15H,13-14H2,1-3H3. The fourth-order valence-electron chi connectivity index (χ4n) is 2.11. The van der Waals surface area contributed by atoms with E-state index in [-0.39, 0.29) is 0 Å². The van der Waals surface area contributed by atoms with Gasteiger partial charge in [-0.1, -0.05) is 18.2 Å². The van der Waals surface area contributed by atoms with E-state index in [1.54, 1.807) is 38.1 Å². The summed E-state index contributed by atoms with van der Waals surface area (Å²) < 4.78 is 29.8. The smallest absolute Gasteiger partial charge is 0.180 e. The second kappa shape index (κ2) is 7.51. The van der Waals surface area contributed by atoms with Crippen molar-refractivity contribution in [3.8, 4) is 5.75 Å². The molecule has 124 valence electrons. The van der Waals surface area contributed by atoms with Gasteiger partial charge in [0.1, 0.15) is 12.4 Å². The summed E-state index contributed by atoms with van der Waals surface area (Å²) in [5, 5.41) is -0.422. The largest absolute Gasteiger partial charge is 0.492 e. The van der Waals surface area contributed by atoms with Gasteiger partial charge in [-0.15, -0.1) is 0 Å². The minimum atomic E-state index is -3.23. The van der Waals surface area contributed by atoms with Crippen molar-refractivity contribution < 1.29 is 13.2 Å². The Morgan fingerprint density at radius 2 is 1.61 bits per heavy atom. The quantitative estimate of drug-likeness (QED) is 0.779. The van der Waals surface area contributed by atoms with Gasteiger partial charge in [0.05, 0.1) is 16.7 Å². The highest BCUT2D eigenvalue weighted by molar-refractivity contribution is 7.92. The number of nitrogens with zero attached hydrogens (tertiary/aromatic N) is 1. The van der Waals surface area contributed by atoms with Crippen LogP contribution in [0.5, 0.6) is 5.75 Å². The van der Waals surface area contributed by atoms with E-state index in [0.717, 1.165) is 12.2 Å². The number of sulfone groups is 1. The Morgan fingerprint density at radius 1 is 1.00 bits per heavy atom. The number of ether oxygens (including phenoxy) is 1. The number of rotatable bonds is 7. The highest BCUT2D eigenvalue weighted by Crippen LogP contribution is 2.20. The van der Waals surface area contributed by atoms with E-state index in [2.05, 4.69) is 4.90 Å². The van der Waals surface area contributed by atoms with Crippen LogP contribution in [0.3, 0.4) is 0 Å². The third kappa shape index (κ3) is 4.48. The lowest BCUT2D eigenvalue weighted by molar-refractivity contribution is 0.325. The molecule has 0 amide bonds. The summed E-state index contributed by atoms with van der Waals surface area (Å²) in [5.74, 6) is 0.675. The Balaban J connectivity index is 1.90. The van der Waals surface area contributed by atoms with E-state index in [0.29, 0.717) is 17.3 Å². The molecule has 0 N–H and O–H groups in total. The van der Waals surface area contributed by atoms with E-state index in [1.165, 1.54) is 0 Å². The molecule has 0 spiro atoms. The SMILES string of the molecule is CC(C)S(=O)(=O)c1ccc(OCCN(C)c2ccccc2)cc1. The molecule has 5 heteroatoms. The molecule has 0 bridgehead atoms. The Morgan fingerprint density at radius 3 is 2.17 bits per heavy atom. The van der Waals surface area contributed by atoms with Gasteiger partial charge in [0, 0.05) is 12.7 Å². The molecule has 0 aliphatic heterocycles. The number of para-hydroxylation sites is 1. The average Bonchev–Trinajstić information content (AvgIpc) is 2.56. The van der Waals surface area contributed by atoms with Crippen LogP contribution in [0.15, 0.2) is 59.5 Å². The zero-order valence-corrected chi connectivity index (χ0v) is 14.6. The zero-order chi connectivity index (χ0) is 16.9. The molecule has 0 fully saturated rings. The van der Waals surface area contributed by atoms with E-state index in [9.17, 15) is 8.42 Å². The van der Waals surface area contributed by atoms with Crippen LogP contribution in [-0.2, 0) is 9.84 Å². The summed E-state index contributed by atoms with van der Waals surface area (Å²) in [6.07, 6.45) is 0. The van der Waals surface area contributed by atoms with Gasteiger partial charge in [0.2, 0.25) is 0 Å². The second-order valence-corrected chi connectivity index (χ2v) is 8.17. The van der Waals surface area contributed by atoms with Gasteiger partial charge in [-0.25, -0.2) is 8.42 Å². The molecule has 0 radical (unpaired) electrons. The van der Waals surface area contributed by atoms with Gasteiger partial charge in [-0.3, -0.25) is 0 Å². The van der Waals surface area contributed by atoms with Crippen molar-refractivity contribution in [2.45, 2.75) is 24.0 Å². The van der Waals surface area contributed by atoms with Crippen LogP contribution in [0, 0.1) is 0 Å². The van der Waals surface area contributed by atoms with E-state index < -0.39 is 15.1 Å². The van der Waals surface area contributed by atoms with E-state index in [4.69, 9.17) is 4.74 Å². The topological polar surface area (TPSA) is 46.6 Å². The maximum absolute atomic E-state index is 12.1. The first-order chi connectivity index (χ1) is 10.9. The highest BCUT2D eigenvalue weighted by Gasteiger charge is 2.18. The Bertz CT molecular complexity index is 710. The molecule has 2 aromatic carbocycles. The molecule has 0 unspecified atom stereocenters. The molecule has 2 aromatic rings. The van der Waals surface area contributed by atoms with Crippen LogP contribution >= 0.6 is 0 Å². The third-order valence-electron chi connectivity index (χ3n) is 3.67. The van der Waals surface area contributed by atoms with Crippen LogP contribution in [-0.4, -0.2) is 33.9 Å². The monoisotopic (exact) mass is 333 g/mol. The third-order valence-corrected chi connectivity index (χ3v) is 5.84. The molecule has 0 saturated heterocycles. The molecule has 0 aliphatic carbocycles. The summed E-state index contributed by atoms with van der Waals surface area (Å²) >= 11 is 0. The maximum Gasteiger partial charge on any atom is 0.180 e. The van der Waals surface area contributed by atoms with Crippen molar-refractivity contribution in [1.82, 2.24) is 0 Å². The Labute approximate surface area is 138 Å². The van der Waals surface area contributed by atoms with Gasteiger partial charge >= 0.3 is 0 Å². The summed E-state index contributed by atoms with van der Waals surface area (Å²) in [5.41, 5.74) is 1.13. The van der Waals surface area contributed by atoms with Crippen LogP contribution in [0.25, 0.3) is 0 Å². The molecular formula is C18H23NO3S. The number of likely N-dealkylation sites (N-methyl/N-ethyl adjacent to an activating group) is 1. The lowest BCUT2D eigenvalue weighted by atomic mass is 10.3. The van der Waals surface area contributed by atoms with Crippen molar-refractivity contribution >= 4 is 15.5 Å². The second-order valence-electron chi connectivity index (χ2n) is 5.67. The van der Waals surface area contributed by atoms with Crippen LogP contribution in [0.1, 0.15) is 13.8 Å². The fourth-order valence-corrected chi connectivity index (χ4v) is 3.17. The van der Waals surface area contributed by atoms with Gasteiger partial charge in [0.15, 0.2) is 9.84 Å². The normalized spacial score (nSPS) is 11.5. The lowest BCUT2D eigenvalue weighted by Crippen LogP contribution is -2.23. The minimum Gasteiger partial charge on any atom is -0.492 e. The molecular weight excluding hydrogens is 310 g/mol. The van der Waals surface area contributed by atoms with Crippen molar-refractivity contribution in [3.63, 3.8) is 0 Å². The molecule has 0 aliphatic rings. The molecule has 0 aromatic heterocycles. The molecule has 0 heterocycles. The van der Waals surface area contributed by atoms with Crippen LogP contribution in [0.4, 0.5) is 5.69 Å². The summed E-state index contributed by atoms with van der Waals surface area (Å²) in [7, 11) is -1.22. The maximum atomic E-state index is 12.1.